The Morgan fingerprint density at radius 2 is 2.43 bits per heavy atom. The van der Waals surface area contributed by atoms with E-state index in [1.54, 1.807) is 6.92 Å². The zero-order chi connectivity index (χ0) is 10.8. The Kier molecular flexibility index (Phi) is 3.04. The number of aliphatic hydroxyl groups is 2. The topological polar surface area (TPSA) is 106 Å². The van der Waals surface area contributed by atoms with Crippen molar-refractivity contribution in [3.63, 3.8) is 0 Å². The number of nitrogen functional groups attached to an aromatic ring is 1. The molecule has 7 heteroatoms. The first-order chi connectivity index (χ1) is 6.48. The van der Waals surface area contributed by atoms with Crippen molar-refractivity contribution in [1.82, 2.24) is 4.98 Å². The summed E-state index contributed by atoms with van der Waals surface area (Å²) in [5.74, 6) is -3.88. The number of carbonyl (C=O) groups excluding carboxylic acids is 1. The van der Waals surface area contributed by atoms with Crippen molar-refractivity contribution < 1.29 is 19.7 Å². The highest BCUT2D eigenvalue weighted by Crippen LogP contribution is 2.22. The Bertz CT molecular complexity index is 336. The van der Waals surface area contributed by atoms with Gasteiger partial charge in [-0.3, -0.25) is 0 Å². The van der Waals surface area contributed by atoms with Gasteiger partial charge in [0, 0.05) is 5.38 Å². The van der Waals surface area contributed by atoms with Gasteiger partial charge in [0.05, 0.1) is 6.61 Å². The van der Waals surface area contributed by atoms with Gasteiger partial charge in [0.1, 0.15) is 5.69 Å². The molecule has 1 heterocycles. The number of anilines is 1. The minimum absolute atomic E-state index is 0.0569. The van der Waals surface area contributed by atoms with Crippen LogP contribution in [0.25, 0.3) is 0 Å². The van der Waals surface area contributed by atoms with Crippen LogP contribution in [0.2, 0.25) is 0 Å². The third kappa shape index (κ3) is 2.00. The largest absolute Gasteiger partial charge is 0.462 e. The van der Waals surface area contributed by atoms with Crippen LogP contribution in [0.4, 0.5) is 5.13 Å². The molecular formula is C7H10N2O4S. The number of thiazole rings is 1. The van der Waals surface area contributed by atoms with Gasteiger partial charge in [-0.15, -0.1) is 11.3 Å². The molecular weight excluding hydrogens is 208 g/mol. The van der Waals surface area contributed by atoms with Gasteiger partial charge in [0.25, 0.3) is 0 Å². The molecule has 1 aromatic heterocycles. The molecule has 0 amide bonds. The fourth-order valence-electron chi connectivity index (χ4n) is 0.784. The third-order valence-corrected chi connectivity index (χ3v) is 2.11. The average Bonchev–Trinajstić information content (AvgIpc) is 2.52. The van der Waals surface area contributed by atoms with Crippen LogP contribution in [0.1, 0.15) is 12.6 Å². The van der Waals surface area contributed by atoms with Crippen molar-refractivity contribution in [3.05, 3.63) is 11.1 Å². The monoisotopic (exact) mass is 218 g/mol. The quantitative estimate of drug-likeness (QED) is 0.463. The Balaban J connectivity index is 2.89. The van der Waals surface area contributed by atoms with E-state index in [4.69, 9.17) is 5.73 Å². The number of ether oxygens (including phenoxy) is 1. The maximum atomic E-state index is 11.1. The summed E-state index contributed by atoms with van der Waals surface area (Å²) in [6.07, 6.45) is 0. The predicted molar refractivity (Wildman–Crippen MR) is 49.3 cm³/mol. The van der Waals surface area contributed by atoms with E-state index in [0.29, 0.717) is 0 Å². The molecule has 0 aliphatic rings. The second-order valence-corrected chi connectivity index (χ2v) is 3.35. The smallest absolute Gasteiger partial charge is 0.373 e. The molecule has 0 aromatic carbocycles. The maximum Gasteiger partial charge on any atom is 0.373 e. The molecule has 0 aliphatic heterocycles. The van der Waals surface area contributed by atoms with Gasteiger partial charge in [0.2, 0.25) is 0 Å². The van der Waals surface area contributed by atoms with Crippen LogP contribution in [0, 0.1) is 0 Å². The van der Waals surface area contributed by atoms with Crippen molar-refractivity contribution in [2.24, 2.45) is 0 Å². The molecule has 0 saturated carbocycles. The number of hydrogen-bond donors (Lipinski definition) is 3. The Hall–Kier alpha value is -1.18. The number of rotatable bonds is 3. The van der Waals surface area contributed by atoms with E-state index >= 15 is 0 Å². The first-order valence-corrected chi connectivity index (χ1v) is 4.70. The highest BCUT2D eigenvalue weighted by molar-refractivity contribution is 7.13. The molecule has 0 radical (unpaired) electrons. The lowest BCUT2D eigenvalue weighted by Crippen LogP contribution is -2.37. The van der Waals surface area contributed by atoms with Crippen molar-refractivity contribution in [2.75, 3.05) is 12.3 Å². The molecule has 0 fully saturated rings. The molecule has 1 aromatic rings. The number of nitrogens with two attached hydrogens (primary N) is 1. The molecule has 0 saturated heterocycles. The number of carbonyl (C=O) groups is 1. The van der Waals surface area contributed by atoms with Crippen molar-refractivity contribution in [1.29, 1.82) is 0 Å². The van der Waals surface area contributed by atoms with Crippen molar-refractivity contribution >= 4 is 22.4 Å². The lowest BCUT2D eigenvalue weighted by molar-refractivity contribution is -0.214. The third-order valence-electron chi connectivity index (χ3n) is 1.44. The molecule has 0 unspecified atom stereocenters. The van der Waals surface area contributed by atoms with E-state index in [1.807, 2.05) is 0 Å². The molecule has 14 heavy (non-hydrogen) atoms. The molecule has 1 rings (SSSR count). The number of esters is 1. The number of aromatic nitrogens is 1. The minimum Gasteiger partial charge on any atom is -0.462 e. The Morgan fingerprint density at radius 1 is 1.79 bits per heavy atom. The lowest BCUT2D eigenvalue weighted by atomic mass is 10.2. The maximum absolute atomic E-state index is 11.1. The fraction of sp³-hybridized carbons (Fsp3) is 0.429. The van der Waals surface area contributed by atoms with E-state index in [-0.39, 0.29) is 17.4 Å². The molecule has 0 spiro atoms. The van der Waals surface area contributed by atoms with Crippen LogP contribution in [0.5, 0.6) is 0 Å². The van der Waals surface area contributed by atoms with E-state index in [9.17, 15) is 15.0 Å². The van der Waals surface area contributed by atoms with Crippen LogP contribution in [0.15, 0.2) is 5.38 Å². The van der Waals surface area contributed by atoms with Crippen LogP contribution < -0.4 is 5.73 Å². The van der Waals surface area contributed by atoms with E-state index < -0.39 is 11.8 Å². The van der Waals surface area contributed by atoms with Gasteiger partial charge in [0.15, 0.2) is 5.13 Å². The molecule has 4 N–H and O–H groups in total. The van der Waals surface area contributed by atoms with Crippen molar-refractivity contribution in [2.45, 2.75) is 12.7 Å². The highest BCUT2D eigenvalue weighted by Gasteiger charge is 2.39. The number of nitrogens with zero attached hydrogens (tertiary/aromatic N) is 1. The van der Waals surface area contributed by atoms with E-state index in [1.165, 1.54) is 5.38 Å². The lowest BCUT2D eigenvalue weighted by Gasteiger charge is -2.16. The summed E-state index contributed by atoms with van der Waals surface area (Å²) in [6.45, 7) is 1.62. The first-order valence-electron chi connectivity index (χ1n) is 3.82. The standard InChI is InChI=1S/C7H10N2O4S/c1-2-13-5(10)7(11,12)4-3-14-6(8)9-4/h3,11-12H,2H2,1H3,(H2,8,9). The van der Waals surface area contributed by atoms with Crippen LogP contribution >= 0.6 is 11.3 Å². The van der Waals surface area contributed by atoms with Gasteiger partial charge in [-0.05, 0) is 6.92 Å². The van der Waals surface area contributed by atoms with Crippen molar-refractivity contribution in [3.8, 4) is 0 Å². The highest BCUT2D eigenvalue weighted by atomic mass is 32.1. The Morgan fingerprint density at radius 3 is 2.86 bits per heavy atom. The normalized spacial score (nSPS) is 11.4. The summed E-state index contributed by atoms with van der Waals surface area (Å²) in [7, 11) is 0. The van der Waals surface area contributed by atoms with Gasteiger partial charge >= 0.3 is 11.8 Å². The van der Waals surface area contributed by atoms with Crippen LogP contribution in [-0.4, -0.2) is 27.8 Å². The average molecular weight is 218 g/mol. The summed E-state index contributed by atoms with van der Waals surface area (Å²) < 4.78 is 4.46. The second-order valence-electron chi connectivity index (χ2n) is 2.46. The van der Waals surface area contributed by atoms with Gasteiger partial charge in [-0.2, -0.15) is 0 Å². The summed E-state index contributed by atoms with van der Waals surface area (Å²) in [5, 5.41) is 20.2. The SMILES string of the molecule is CCOC(=O)C(O)(O)c1csc(N)n1. The molecule has 0 bridgehead atoms. The number of hydrogen-bond acceptors (Lipinski definition) is 7. The molecule has 6 nitrogen and oxygen atoms in total. The van der Waals surface area contributed by atoms with Gasteiger partial charge < -0.3 is 20.7 Å². The molecule has 0 atom stereocenters. The molecule has 0 aliphatic carbocycles. The second kappa shape index (κ2) is 3.91. The van der Waals surface area contributed by atoms with Gasteiger partial charge in [-0.25, -0.2) is 9.78 Å². The predicted octanol–water partition coefficient (Wildman–Crippen LogP) is -0.574. The van der Waals surface area contributed by atoms with Crippen LogP contribution in [-0.2, 0) is 15.3 Å². The fourth-order valence-corrected chi connectivity index (χ4v) is 1.38. The zero-order valence-electron chi connectivity index (χ0n) is 7.43. The summed E-state index contributed by atoms with van der Waals surface area (Å²) in [4.78, 5) is 14.7. The zero-order valence-corrected chi connectivity index (χ0v) is 8.24. The summed E-state index contributed by atoms with van der Waals surface area (Å²) >= 11 is 1.01. The summed E-state index contributed by atoms with van der Waals surface area (Å²) in [5.41, 5.74) is 5.06. The van der Waals surface area contributed by atoms with E-state index in [2.05, 4.69) is 9.72 Å². The Labute approximate surface area is 84.0 Å². The summed E-state index contributed by atoms with van der Waals surface area (Å²) in [6, 6.07) is 0. The van der Waals surface area contributed by atoms with Crippen LogP contribution in [0.3, 0.4) is 0 Å². The molecule has 78 valence electrons. The minimum atomic E-state index is -2.72. The van der Waals surface area contributed by atoms with Gasteiger partial charge in [-0.1, -0.05) is 0 Å². The first kappa shape index (κ1) is 10.9. The van der Waals surface area contributed by atoms with E-state index in [0.717, 1.165) is 11.3 Å².